The van der Waals surface area contributed by atoms with Gasteiger partial charge in [-0.05, 0) is 44.6 Å². The molecule has 0 aromatic heterocycles. The molecule has 0 heterocycles. The first kappa shape index (κ1) is 13.2. The lowest BCUT2D eigenvalue weighted by Gasteiger charge is -2.44. The van der Waals surface area contributed by atoms with E-state index < -0.39 is 0 Å². The summed E-state index contributed by atoms with van der Waals surface area (Å²) in [6.07, 6.45) is 3.61. The van der Waals surface area contributed by atoms with Crippen LogP contribution in [0.25, 0.3) is 0 Å². The molecule has 0 spiro atoms. The summed E-state index contributed by atoms with van der Waals surface area (Å²) in [5, 5.41) is 10.5. The fourth-order valence-corrected chi connectivity index (χ4v) is 2.88. The van der Waals surface area contributed by atoms with E-state index >= 15 is 0 Å². The topological polar surface area (TPSA) is 20.2 Å². The molecule has 1 aliphatic carbocycles. The number of allylic oxidation sites excluding steroid dienone is 2. The number of aliphatic hydroxyl groups is 1. The van der Waals surface area contributed by atoms with Gasteiger partial charge >= 0.3 is 0 Å². The first-order chi connectivity index (χ1) is 7.33. The van der Waals surface area contributed by atoms with E-state index in [9.17, 15) is 5.11 Å². The first-order valence-corrected chi connectivity index (χ1v) is 5.97. The Hall–Kier alpha value is -0.820. The molecule has 0 aromatic carbocycles. The maximum absolute atomic E-state index is 10.5. The van der Waals surface area contributed by atoms with E-state index in [4.69, 9.17) is 0 Å². The molecule has 16 heavy (non-hydrogen) atoms. The molecular formula is C15H24O. The van der Waals surface area contributed by atoms with E-state index in [1.54, 1.807) is 0 Å². The maximum atomic E-state index is 10.5. The van der Waals surface area contributed by atoms with Crippen molar-refractivity contribution in [3.63, 3.8) is 0 Å². The highest BCUT2D eigenvalue weighted by molar-refractivity contribution is 5.27. The lowest BCUT2D eigenvalue weighted by Crippen LogP contribution is -2.41. The molecule has 3 atom stereocenters. The highest BCUT2D eigenvalue weighted by Crippen LogP contribution is 2.47. The lowest BCUT2D eigenvalue weighted by atomic mass is 9.62. The maximum Gasteiger partial charge on any atom is 0.0825 e. The summed E-state index contributed by atoms with van der Waals surface area (Å²) >= 11 is 0. The van der Waals surface area contributed by atoms with Crippen molar-refractivity contribution in [2.75, 3.05) is 0 Å². The van der Waals surface area contributed by atoms with Gasteiger partial charge in [-0.15, -0.1) is 6.58 Å². The normalized spacial score (nSPS) is 34.7. The van der Waals surface area contributed by atoms with E-state index in [0.29, 0.717) is 0 Å². The average molecular weight is 220 g/mol. The molecule has 0 saturated heterocycles. The van der Waals surface area contributed by atoms with Crippen LogP contribution in [-0.4, -0.2) is 11.2 Å². The molecule has 0 unspecified atom stereocenters. The van der Waals surface area contributed by atoms with Crippen molar-refractivity contribution in [2.45, 2.75) is 46.6 Å². The van der Waals surface area contributed by atoms with Gasteiger partial charge in [-0.3, -0.25) is 0 Å². The molecule has 0 bridgehead atoms. The van der Waals surface area contributed by atoms with Crippen LogP contribution in [0.1, 0.15) is 40.5 Å². The number of hydrogen-bond acceptors (Lipinski definition) is 1. The Kier molecular flexibility index (Phi) is 3.80. The van der Waals surface area contributed by atoms with Crippen molar-refractivity contribution >= 4 is 0 Å². The number of hydrogen-bond donors (Lipinski definition) is 1. The van der Waals surface area contributed by atoms with Crippen LogP contribution in [0.2, 0.25) is 0 Å². The lowest BCUT2D eigenvalue weighted by molar-refractivity contribution is 0.0660. The summed E-state index contributed by atoms with van der Waals surface area (Å²) in [6.45, 7) is 16.3. The Labute approximate surface area is 99.6 Å². The van der Waals surface area contributed by atoms with Gasteiger partial charge in [0, 0.05) is 5.92 Å². The minimum absolute atomic E-state index is 0.0236. The zero-order valence-electron chi connectivity index (χ0n) is 11.0. The molecule has 0 radical (unpaired) electrons. The van der Waals surface area contributed by atoms with Crippen molar-refractivity contribution in [2.24, 2.45) is 11.3 Å². The molecule has 1 fully saturated rings. The number of aliphatic hydroxyl groups excluding tert-OH is 1. The Morgan fingerprint density at radius 2 is 2.00 bits per heavy atom. The Bertz CT molecular complexity index is 333. The Morgan fingerprint density at radius 3 is 2.38 bits per heavy atom. The molecular weight excluding hydrogens is 196 g/mol. The predicted molar refractivity (Wildman–Crippen MR) is 70.2 cm³/mol. The fourth-order valence-electron chi connectivity index (χ4n) is 2.88. The van der Waals surface area contributed by atoms with Gasteiger partial charge in [0.1, 0.15) is 0 Å². The monoisotopic (exact) mass is 220 g/mol. The summed E-state index contributed by atoms with van der Waals surface area (Å²) in [5.74, 6) is 0.101. The van der Waals surface area contributed by atoms with Gasteiger partial charge in [0.25, 0.3) is 0 Å². The second kappa shape index (κ2) is 4.58. The molecule has 1 saturated carbocycles. The van der Waals surface area contributed by atoms with Gasteiger partial charge < -0.3 is 5.11 Å². The molecule has 1 rings (SSSR count). The molecule has 0 aromatic rings. The quantitative estimate of drug-likeness (QED) is 0.701. The summed E-state index contributed by atoms with van der Waals surface area (Å²) < 4.78 is 0. The minimum atomic E-state index is -0.390. The molecule has 1 nitrogen and oxygen atoms in total. The molecule has 0 amide bonds. The predicted octanol–water partition coefficient (Wildman–Crippen LogP) is 3.86. The smallest absolute Gasteiger partial charge is 0.0825 e. The van der Waals surface area contributed by atoms with E-state index in [-0.39, 0.29) is 17.4 Å². The van der Waals surface area contributed by atoms with Crippen molar-refractivity contribution < 1.29 is 5.11 Å². The number of rotatable bonds is 2. The van der Waals surface area contributed by atoms with Crippen molar-refractivity contribution in [1.29, 1.82) is 0 Å². The second-order valence-corrected chi connectivity index (χ2v) is 5.50. The second-order valence-electron chi connectivity index (χ2n) is 5.50. The van der Waals surface area contributed by atoms with Crippen LogP contribution in [0.4, 0.5) is 0 Å². The van der Waals surface area contributed by atoms with E-state index in [0.717, 1.165) is 18.4 Å². The fraction of sp³-hybridized carbons (Fsp3) is 0.600. The van der Waals surface area contributed by atoms with Crippen LogP contribution >= 0.6 is 0 Å². The molecule has 0 aliphatic heterocycles. The zero-order chi connectivity index (χ0) is 12.5. The van der Waals surface area contributed by atoms with Crippen LogP contribution in [0.3, 0.4) is 0 Å². The summed E-state index contributed by atoms with van der Waals surface area (Å²) in [5.41, 5.74) is 3.45. The van der Waals surface area contributed by atoms with Gasteiger partial charge in [0.05, 0.1) is 6.10 Å². The van der Waals surface area contributed by atoms with Crippen molar-refractivity contribution in [3.8, 4) is 0 Å². The summed E-state index contributed by atoms with van der Waals surface area (Å²) in [6, 6.07) is 0. The van der Waals surface area contributed by atoms with Crippen molar-refractivity contribution in [3.05, 3.63) is 36.0 Å². The highest BCUT2D eigenvalue weighted by atomic mass is 16.3. The third-order valence-corrected chi connectivity index (χ3v) is 3.96. The first-order valence-electron chi connectivity index (χ1n) is 5.97. The molecule has 90 valence electrons. The van der Waals surface area contributed by atoms with Crippen LogP contribution in [0.15, 0.2) is 36.0 Å². The third kappa shape index (κ3) is 2.15. The molecule has 1 aliphatic rings. The van der Waals surface area contributed by atoms with Gasteiger partial charge in [0.2, 0.25) is 0 Å². The van der Waals surface area contributed by atoms with Crippen molar-refractivity contribution in [1.82, 2.24) is 0 Å². The zero-order valence-corrected chi connectivity index (χ0v) is 11.0. The van der Waals surface area contributed by atoms with Crippen LogP contribution in [0, 0.1) is 11.3 Å². The van der Waals surface area contributed by atoms with Gasteiger partial charge in [0.15, 0.2) is 0 Å². The van der Waals surface area contributed by atoms with Gasteiger partial charge in [-0.1, -0.05) is 30.7 Å². The van der Waals surface area contributed by atoms with Crippen LogP contribution in [-0.2, 0) is 0 Å². The van der Waals surface area contributed by atoms with E-state index in [2.05, 4.69) is 33.9 Å². The van der Waals surface area contributed by atoms with Gasteiger partial charge in [-0.2, -0.15) is 0 Å². The average Bonchev–Trinajstić information content (AvgIpc) is 2.16. The third-order valence-electron chi connectivity index (χ3n) is 3.96. The Balaban J connectivity index is 3.16. The Morgan fingerprint density at radius 1 is 1.44 bits per heavy atom. The highest BCUT2D eigenvalue weighted by Gasteiger charge is 2.42. The van der Waals surface area contributed by atoms with Gasteiger partial charge in [-0.25, -0.2) is 0 Å². The summed E-state index contributed by atoms with van der Waals surface area (Å²) in [4.78, 5) is 0. The van der Waals surface area contributed by atoms with Crippen LogP contribution in [0.5, 0.6) is 0 Å². The molecule has 1 heteroatoms. The van der Waals surface area contributed by atoms with Crippen LogP contribution < -0.4 is 0 Å². The largest absolute Gasteiger partial charge is 0.388 e. The van der Waals surface area contributed by atoms with E-state index in [1.807, 2.05) is 13.0 Å². The molecule has 1 N–H and O–H groups in total. The standard InChI is InChI=1S/C15H24O/c1-7-15(6)9-8-12(10(2)3)14(16)13(15)11(4)5/h7,13-14,16H,1,4,8-9H2,2-3,5-6H3/t13-,14+,15+/m1/s1. The van der Waals surface area contributed by atoms with E-state index in [1.165, 1.54) is 11.1 Å². The SMILES string of the molecule is C=C[C@@]1(C)CCC(=C(C)C)[C@H](O)[C@H]1C(=C)C. The minimum Gasteiger partial charge on any atom is -0.388 e. The summed E-state index contributed by atoms with van der Waals surface area (Å²) in [7, 11) is 0.